The number of carbonyl (C=O) groups is 2. The second-order valence-corrected chi connectivity index (χ2v) is 8.88. The average molecular weight is 459 g/mol. The van der Waals surface area contributed by atoms with E-state index >= 15 is 0 Å². The van der Waals surface area contributed by atoms with Crippen LogP contribution in [0.3, 0.4) is 0 Å². The average Bonchev–Trinajstić information content (AvgIpc) is 3.17. The summed E-state index contributed by atoms with van der Waals surface area (Å²) < 4.78 is 35.7. The van der Waals surface area contributed by atoms with Gasteiger partial charge in [-0.1, -0.05) is 5.21 Å². The smallest absolute Gasteiger partial charge is 0.410 e. The number of aromatic carboxylic acids is 1. The summed E-state index contributed by atoms with van der Waals surface area (Å²) in [6.07, 6.45) is 2.43. The highest BCUT2D eigenvalue weighted by molar-refractivity contribution is 5.89. The van der Waals surface area contributed by atoms with Crippen molar-refractivity contribution in [1.29, 1.82) is 0 Å². The number of amides is 1. The minimum absolute atomic E-state index is 0.00892. The summed E-state index contributed by atoms with van der Waals surface area (Å²) in [5.74, 6) is -4.28. The van der Waals surface area contributed by atoms with E-state index in [9.17, 15) is 18.4 Å². The maximum absolute atomic E-state index is 14.4. The summed E-state index contributed by atoms with van der Waals surface area (Å²) >= 11 is 0. The van der Waals surface area contributed by atoms with E-state index in [2.05, 4.69) is 15.3 Å². The number of likely N-dealkylation sites (tertiary alicyclic amines) is 1. The largest absolute Gasteiger partial charge is 0.478 e. The molecule has 0 bridgehead atoms. The zero-order chi connectivity index (χ0) is 23.9. The van der Waals surface area contributed by atoms with E-state index in [1.54, 1.807) is 9.58 Å². The minimum Gasteiger partial charge on any atom is -0.478 e. The van der Waals surface area contributed by atoms with E-state index in [1.807, 2.05) is 20.8 Å². The maximum atomic E-state index is 14.4. The Morgan fingerprint density at radius 3 is 2.48 bits per heavy atom. The summed E-state index contributed by atoms with van der Waals surface area (Å²) in [7, 11) is 0. The third-order valence-corrected chi connectivity index (χ3v) is 5.41. The van der Waals surface area contributed by atoms with Crippen molar-refractivity contribution in [3.05, 3.63) is 41.6 Å². The molecule has 4 rings (SSSR count). The summed E-state index contributed by atoms with van der Waals surface area (Å²) in [6, 6.07) is 3.64. The lowest BCUT2D eigenvalue weighted by Gasteiger charge is -2.33. The van der Waals surface area contributed by atoms with Gasteiger partial charge in [-0.2, -0.15) is 0 Å². The fourth-order valence-electron chi connectivity index (χ4n) is 3.79. The molecular formula is C22H23F2N5O4. The zero-order valence-electron chi connectivity index (χ0n) is 18.4. The predicted octanol–water partition coefficient (Wildman–Crippen LogP) is 4.04. The van der Waals surface area contributed by atoms with Gasteiger partial charge in [0.25, 0.3) is 0 Å². The van der Waals surface area contributed by atoms with Gasteiger partial charge in [0.1, 0.15) is 16.6 Å². The number of hydrogen-bond acceptors (Lipinski definition) is 6. The third-order valence-electron chi connectivity index (χ3n) is 5.41. The van der Waals surface area contributed by atoms with Crippen LogP contribution in [0.1, 0.15) is 50.0 Å². The number of fused-ring (bicyclic) bond motifs is 1. The Morgan fingerprint density at radius 2 is 1.85 bits per heavy atom. The molecule has 3 heterocycles. The normalized spacial score (nSPS) is 15.1. The third kappa shape index (κ3) is 4.48. The van der Waals surface area contributed by atoms with Crippen molar-refractivity contribution in [2.45, 2.75) is 45.3 Å². The first-order valence-corrected chi connectivity index (χ1v) is 10.5. The first-order valence-electron chi connectivity index (χ1n) is 10.5. The van der Waals surface area contributed by atoms with Crippen molar-refractivity contribution in [1.82, 2.24) is 24.9 Å². The predicted molar refractivity (Wildman–Crippen MR) is 114 cm³/mol. The number of rotatable bonds is 3. The number of carbonyl (C=O) groups excluding carboxylic acids is 1. The van der Waals surface area contributed by atoms with E-state index in [0.29, 0.717) is 37.0 Å². The molecule has 9 nitrogen and oxygen atoms in total. The number of carboxylic acids is 1. The van der Waals surface area contributed by atoms with Crippen LogP contribution in [0.4, 0.5) is 13.6 Å². The first kappa shape index (κ1) is 22.6. The molecule has 1 fully saturated rings. The molecule has 11 heteroatoms. The van der Waals surface area contributed by atoms with Gasteiger partial charge in [-0.15, -0.1) is 5.10 Å². The van der Waals surface area contributed by atoms with Crippen LogP contribution in [0.15, 0.2) is 24.4 Å². The van der Waals surface area contributed by atoms with Crippen LogP contribution >= 0.6 is 0 Å². The van der Waals surface area contributed by atoms with Crippen LogP contribution in [0.25, 0.3) is 22.3 Å². The number of piperidine rings is 1. The number of pyridine rings is 1. The molecule has 1 aliphatic rings. The number of carboxylic acid groups (broad SMARTS) is 1. The number of nitrogens with zero attached hydrogens (tertiary/aromatic N) is 5. The Hall–Kier alpha value is -3.63. The summed E-state index contributed by atoms with van der Waals surface area (Å²) in [5.41, 5.74) is -0.298. The fraction of sp³-hybridized carbons (Fsp3) is 0.409. The van der Waals surface area contributed by atoms with Gasteiger partial charge in [-0.3, -0.25) is 4.98 Å². The zero-order valence-corrected chi connectivity index (χ0v) is 18.4. The SMILES string of the molecule is CC(C)(C)OC(=O)N1CCC(n2nnc3cc(-c4ccc(C(=O)O)c(F)c4F)ncc32)CC1. The van der Waals surface area contributed by atoms with Gasteiger partial charge in [0.05, 0.1) is 23.5 Å². The molecule has 1 saturated heterocycles. The van der Waals surface area contributed by atoms with E-state index in [-0.39, 0.29) is 23.4 Å². The van der Waals surface area contributed by atoms with Gasteiger partial charge in [0.15, 0.2) is 11.6 Å². The number of benzene rings is 1. The molecule has 1 amide bonds. The van der Waals surface area contributed by atoms with Crippen LogP contribution < -0.4 is 0 Å². The van der Waals surface area contributed by atoms with Crippen LogP contribution in [-0.4, -0.2) is 60.7 Å². The van der Waals surface area contributed by atoms with Crippen molar-refractivity contribution < 1.29 is 28.2 Å². The Morgan fingerprint density at radius 1 is 1.15 bits per heavy atom. The molecule has 0 aliphatic carbocycles. The second kappa shape index (κ2) is 8.38. The molecule has 33 heavy (non-hydrogen) atoms. The number of halogens is 2. The number of ether oxygens (including phenoxy) is 1. The Balaban J connectivity index is 1.53. The molecule has 3 aromatic rings. The molecule has 0 unspecified atom stereocenters. The van der Waals surface area contributed by atoms with E-state index < -0.39 is 28.8 Å². The van der Waals surface area contributed by atoms with Gasteiger partial charge in [-0.25, -0.2) is 23.1 Å². The summed E-state index contributed by atoms with van der Waals surface area (Å²) in [5, 5.41) is 17.3. The van der Waals surface area contributed by atoms with Crippen LogP contribution in [-0.2, 0) is 4.74 Å². The molecule has 1 N–H and O–H groups in total. The number of aromatic nitrogens is 4. The lowest BCUT2D eigenvalue weighted by molar-refractivity contribution is 0.0185. The van der Waals surface area contributed by atoms with Gasteiger partial charge in [0.2, 0.25) is 0 Å². The summed E-state index contributed by atoms with van der Waals surface area (Å²) in [4.78, 5) is 29.2. The molecule has 0 radical (unpaired) electrons. The van der Waals surface area contributed by atoms with Crippen LogP contribution in [0.2, 0.25) is 0 Å². The molecule has 0 spiro atoms. The lowest BCUT2D eigenvalue weighted by atomic mass is 10.0. The first-order chi connectivity index (χ1) is 15.5. The summed E-state index contributed by atoms with van der Waals surface area (Å²) in [6.45, 7) is 6.48. The standard InChI is InChI=1S/C22H23F2N5O4/c1-22(2,3)33-21(32)28-8-6-12(7-9-28)29-17-11-25-15(10-16(17)26-27-29)13-4-5-14(20(30)31)19(24)18(13)23/h4-5,10-12H,6-9H2,1-3H3,(H,30,31). The van der Waals surface area contributed by atoms with E-state index in [0.717, 1.165) is 6.07 Å². The maximum Gasteiger partial charge on any atom is 0.410 e. The number of hydrogen-bond donors (Lipinski definition) is 1. The molecule has 0 saturated carbocycles. The highest BCUT2D eigenvalue weighted by Gasteiger charge is 2.29. The molecule has 1 aliphatic heterocycles. The highest BCUT2D eigenvalue weighted by Crippen LogP contribution is 2.29. The van der Waals surface area contributed by atoms with Gasteiger partial charge >= 0.3 is 12.1 Å². The van der Waals surface area contributed by atoms with Gasteiger partial charge in [-0.05, 0) is 51.8 Å². The Labute approximate surface area is 188 Å². The Bertz CT molecular complexity index is 1230. The van der Waals surface area contributed by atoms with Crippen molar-refractivity contribution >= 4 is 23.1 Å². The van der Waals surface area contributed by atoms with Crippen molar-refractivity contribution in [3.63, 3.8) is 0 Å². The lowest BCUT2D eigenvalue weighted by Crippen LogP contribution is -2.42. The van der Waals surface area contributed by atoms with Crippen LogP contribution in [0.5, 0.6) is 0 Å². The van der Waals surface area contributed by atoms with Crippen molar-refractivity contribution in [2.24, 2.45) is 0 Å². The van der Waals surface area contributed by atoms with E-state index in [1.165, 1.54) is 18.3 Å². The molecule has 1 aromatic carbocycles. The molecular weight excluding hydrogens is 436 g/mol. The van der Waals surface area contributed by atoms with E-state index in [4.69, 9.17) is 9.84 Å². The van der Waals surface area contributed by atoms with Crippen molar-refractivity contribution in [3.8, 4) is 11.3 Å². The van der Waals surface area contributed by atoms with Gasteiger partial charge < -0.3 is 14.7 Å². The quantitative estimate of drug-likeness (QED) is 0.629. The van der Waals surface area contributed by atoms with Crippen LogP contribution in [0, 0.1) is 11.6 Å². The highest BCUT2D eigenvalue weighted by atomic mass is 19.2. The molecule has 0 atom stereocenters. The monoisotopic (exact) mass is 459 g/mol. The fourth-order valence-corrected chi connectivity index (χ4v) is 3.79. The topological polar surface area (TPSA) is 110 Å². The Kier molecular flexibility index (Phi) is 5.73. The van der Waals surface area contributed by atoms with Crippen molar-refractivity contribution in [2.75, 3.05) is 13.1 Å². The van der Waals surface area contributed by atoms with Gasteiger partial charge in [0, 0.05) is 18.7 Å². The second-order valence-electron chi connectivity index (χ2n) is 8.88. The molecule has 2 aromatic heterocycles. The minimum atomic E-state index is -1.55. The molecule has 174 valence electrons.